The van der Waals surface area contributed by atoms with Crippen LogP contribution in [0.2, 0.25) is 0 Å². The number of rotatable bonds is 4. The Morgan fingerprint density at radius 1 is 1.35 bits per heavy atom. The van der Waals surface area contributed by atoms with E-state index in [1.807, 2.05) is 25.1 Å². The number of aromatic amines is 1. The molecule has 88 valence electrons. The lowest BCUT2D eigenvalue weighted by molar-refractivity contribution is 0.128. The molecule has 0 fully saturated rings. The molecule has 0 saturated heterocycles. The van der Waals surface area contributed by atoms with Crippen LogP contribution < -0.4 is 5.56 Å². The van der Waals surface area contributed by atoms with Gasteiger partial charge >= 0.3 is 0 Å². The van der Waals surface area contributed by atoms with Crippen molar-refractivity contribution in [2.24, 2.45) is 0 Å². The third-order valence-corrected chi connectivity index (χ3v) is 2.16. The Labute approximate surface area is 98.5 Å². The predicted molar refractivity (Wildman–Crippen MR) is 63.4 cm³/mol. The summed E-state index contributed by atoms with van der Waals surface area (Å²) in [6.45, 7) is 2.77. The molecule has 0 aliphatic rings. The smallest absolute Gasteiger partial charge is 0.251 e. The van der Waals surface area contributed by atoms with Gasteiger partial charge in [0.05, 0.1) is 11.4 Å². The maximum atomic E-state index is 11.5. The summed E-state index contributed by atoms with van der Waals surface area (Å²) in [7, 11) is 0. The van der Waals surface area contributed by atoms with Crippen LogP contribution in [0.3, 0.4) is 0 Å². The topological polar surface area (TPSA) is 67.9 Å². The van der Waals surface area contributed by atoms with Crippen LogP contribution in [0.15, 0.2) is 35.3 Å². The molecule has 0 aromatic carbocycles. The van der Waals surface area contributed by atoms with E-state index in [9.17, 15) is 4.79 Å². The maximum absolute atomic E-state index is 11.5. The Hall–Kier alpha value is -2.01. The van der Waals surface area contributed by atoms with Gasteiger partial charge in [-0.1, -0.05) is 6.07 Å². The first-order chi connectivity index (χ1) is 8.29. The van der Waals surface area contributed by atoms with Crippen LogP contribution in [0.25, 0.3) is 11.4 Å². The lowest BCUT2D eigenvalue weighted by Crippen LogP contribution is -2.12. The number of hydrogen-bond acceptors (Lipinski definition) is 4. The largest absolute Gasteiger partial charge is 0.374 e. The normalized spacial score (nSPS) is 10.4. The van der Waals surface area contributed by atoms with Gasteiger partial charge in [0.1, 0.15) is 12.4 Å². The van der Waals surface area contributed by atoms with Crippen LogP contribution in [-0.2, 0) is 11.3 Å². The van der Waals surface area contributed by atoms with Gasteiger partial charge in [-0.05, 0) is 19.1 Å². The van der Waals surface area contributed by atoms with E-state index in [2.05, 4.69) is 15.0 Å². The molecular formula is C12H13N3O2. The zero-order valence-electron chi connectivity index (χ0n) is 9.51. The third kappa shape index (κ3) is 2.98. The fourth-order valence-corrected chi connectivity index (χ4v) is 1.42. The molecule has 5 heteroatoms. The van der Waals surface area contributed by atoms with E-state index in [1.54, 1.807) is 6.20 Å². The maximum Gasteiger partial charge on any atom is 0.251 e. The average molecular weight is 231 g/mol. The number of aromatic nitrogens is 3. The van der Waals surface area contributed by atoms with E-state index < -0.39 is 0 Å². The summed E-state index contributed by atoms with van der Waals surface area (Å²) in [4.78, 5) is 22.6. The third-order valence-electron chi connectivity index (χ3n) is 2.16. The first kappa shape index (κ1) is 11.5. The fourth-order valence-electron chi connectivity index (χ4n) is 1.42. The highest BCUT2D eigenvalue weighted by Crippen LogP contribution is 2.10. The Morgan fingerprint density at radius 2 is 2.24 bits per heavy atom. The molecule has 0 radical (unpaired) electrons. The number of ether oxygens (including phenoxy) is 1. The number of nitrogens with zero attached hydrogens (tertiary/aromatic N) is 2. The summed E-state index contributed by atoms with van der Waals surface area (Å²) in [5.74, 6) is 0.514. The second kappa shape index (κ2) is 5.36. The van der Waals surface area contributed by atoms with Gasteiger partial charge in [0.25, 0.3) is 5.56 Å². The van der Waals surface area contributed by atoms with Gasteiger partial charge in [0.15, 0.2) is 0 Å². The molecule has 1 N–H and O–H groups in total. The lowest BCUT2D eigenvalue weighted by atomic mass is 10.2. The zero-order chi connectivity index (χ0) is 12.1. The van der Waals surface area contributed by atoms with E-state index in [-0.39, 0.29) is 5.56 Å². The average Bonchev–Trinajstić information content (AvgIpc) is 2.37. The van der Waals surface area contributed by atoms with Crippen LogP contribution in [0.1, 0.15) is 12.7 Å². The van der Waals surface area contributed by atoms with Crippen molar-refractivity contribution in [3.63, 3.8) is 0 Å². The quantitative estimate of drug-likeness (QED) is 0.862. The van der Waals surface area contributed by atoms with Gasteiger partial charge in [0, 0.05) is 18.9 Å². The molecule has 5 nitrogen and oxygen atoms in total. The summed E-state index contributed by atoms with van der Waals surface area (Å²) < 4.78 is 5.21. The summed E-state index contributed by atoms with van der Waals surface area (Å²) in [6.07, 6.45) is 1.67. The molecule has 0 atom stereocenters. The standard InChI is InChI=1S/C12H13N3O2/c1-2-17-8-11-14-10(7-12(16)15-11)9-5-3-4-6-13-9/h3-7H,2,8H2,1H3,(H,14,15,16). The molecule has 0 bridgehead atoms. The molecule has 2 aromatic heterocycles. The first-order valence-electron chi connectivity index (χ1n) is 5.39. The highest BCUT2D eigenvalue weighted by Gasteiger charge is 2.04. The van der Waals surface area contributed by atoms with E-state index in [0.29, 0.717) is 30.4 Å². The highest BCUT2D eigenvalue weighted by molar-refractivity contribution is 5.52. The minimum absolute atomic E-state index is 0.199. The summed E-state index contributed by atoms with van der Waals surface area (Å²) in [5.41, 5.74) is 1.04. The van der Waals surface area contributed by atoms with Gasteiger partial charge < -0.3 is 9.72 Å². The predicted octanol–water partition coefficient (Wildman–Crippen LogP) is 1.37. The number of hydrogen-bond donors (Lipinski definition) is 1. The van der Waals surface area contributed by atoms with Gasteiger partial charge in [-0.15, -0.1) is 0 Å². The highest BCUT2D eigenvalue weighted by atomic mass is 16.5. The zero-order valence-corrected chi connectivity index (χ0v) is 9.51. The van der Waals surface area contributed by atoms with E-state index >= 15 is 0 Å². The Bertz CT molecular complexity index is 537. The summed E-state index contributed by atoms with van der Waals surface area (Å²) in [5, 5.41) is 0. The molecular weight excluding hydrogens is 218 g/mol. The van der Waals surface area contributed by atoms with Gasteiger partial charge in [-0.3, -0.25) is 9.78 Å². The molecule has 2 rings (SSSR count). The van der Waals surface area contributed by atoms with Crippen molar-refractivity contribution in [3.8, 4) is 11.4 Å². The van der Waals surface area contributed by atoms with E-state index in [0.717, 1.165) is 0 Å². The number of nitrogens with one attached hydrogen (secondary N) is 1. The van der Waals surface area contributed by atoms with Gasteiger partial charge in [0.2, 0.25) is 0 Å². The van der Waals surface area contributed by atoms with Crippen LogP contribution in [0, 0.1) is 0 Å². The second-order valence-corrected chi connectivity index (χ2v) is 3.43. The monoisotopic (exact) mass is 231 g/mol. The molecule has 17 heavy (non-hydrogen) atoms. The van der Waals surface area contributed by atoms with Crippen molar-refractivity contribution >= 4 is 0 Å². The van der Waals surface area contributed by atoms with Crippen molar-refractivity contribution in [2.45, 2.75) is 13.5 Å². The van der Waals surface area contributed by atoms with Crippen molar-refractivity contribution < 1.29 is 4.74 Å². The first-order valence-corrected chi connectivity index (χ1v) is 5.39. The van der Waals surface area contributed by atoms with Crippen molar-refractivity contribution in [1.29, 1.82) is 0 Å². The Morgan fingerprint density at radius 3 is 2.94 bits per heavy atom. The molecule has 2 aromatic rings. The van der Waals surface area contributed by atoms with Crippen LogP contribution in [0.4, 0.5) is 0 Å². The summed E-state index contributed by atoms with van der Waals surface area (Å²) in [6, 6.07) is 6.91. The van der Waals surface area contributed by atoms with Crippen LogP contribution >= 0.6 is 0 Å². The van der Waals surface area contributed by atoms with Crippen LogP contribution in [0.5, 0.6) is 0 Å². The molecule has 0 spiro atoms. The molecule has 2 heterocycles. The number of pyridine rings is 1. The fraction of sp³-hybridized carbons (Fsp3) is 0.250. The van der Waals surface area contributed by atoms with Crippen molar-refractivity contribution in [3.05, 3.63) is 46.6 Å². The van der Waals surface area contributed by atoms with E-state index in [1.165, 1.54) is 6.07 Å². The van der Waals surface area contributed by atoms with Crippen LogP contribution in [-0.4, -0.2) is 21.6 Å². The Balaban J connectivity index is 2.35. The SMILES string of the molecule is CCOCc1nc(-c2ccccn2)cc(=O)[nH]1. The summed E-state index contributed by atoms with van der Waals surface area (Å²) >= 11 is 0. The molecule has 0 amide bonds. The van der Waals surface area contributed by atoms with E-state index in [4.69, 9.17) is 4.74 Å². The molecule has 0 saturated carbocycles. The second-order valence-electron chi connectivity index (χ2n) is 3.43. The minimum Gasteiger partial charge on any atom is -0.374 e. The van der Waals surface area contributed by atoms with Gasteiger partial charge in [-0.2, -0.15) is 0 Å². The molecule has 0 aliphatic heterocycles. The van der Waals surface area contributed by atoms with Gasteiger partial charge in [-0.25, -0.2) is 4.98 Å². The Kier molecular flexibility index (Phi) is 3.62. The lowest BCUT2D eigenvalue weighted by Gasteiger charge is -2.03. The van der Waals surface area contributed by atoms with Crippen molar-refractivity contribution in [2.75, 3.05) is 6.61 Å². The number of H-pyrrole nitrogens is 1. The molecule has 0 aliphatic carbocycles. The minimum atomic E-state index is -0.199. The van der Waals surface area contributed by atoms with Crippen molar-refractivity contribution in [1.82, 2.24) is 15.0 Å². The molecule has 0 unspecified atom stereocenters.